The van der Waals surface area contributed by atoms with Gasteiger partial charge in [-0.1, -0.05) is 18.5 Å². The molecule has 0 radical (unpaired) electrons. The molecular formula is C19H23Cl2N3O2. The summed E-state index contributed by atoms with van der Waals surface area (Å²) < 4.78 is 6.04. The summed E-state index contributed by atoms with van der Waals surface area (Å²) in [5.41, 5.74) is 8.90. The number of hydrogen-bond acceptors (Lipinski definition) is 4. The molecule has 1 amide bonds. The smallest absolute Gasteiger partial charge is 0.256 e. The summed E-state index contributed by atoms with van der Waals surface area (Å²) in [7, 11) is 0. The Morgan fingerprint density at radius 3 is 2.35 bits per heavy atom. The third-order valence-corrected chi connectivity index (χ3v) is 4.45. The molecule has 2 N–H and O–H groups in total. The lowest BCUT2D eigenvalue weighted by Gasteiger charge is -2.25. The lowest BCUT2D eigenvalue weighted by atomic mass is 10.1. The largest absolute Gasteiger partial charge is 0.438 e. The second kappa shape index (κ2) is 8.60. The van der Waals surface area contributed by atoms with Crippen LogP contribution in [0.4, 0.5) is 5.69 Å². The number of anilines is 1. The Kier molecular flexibility index (Phi) is 6.73. The number of aryl methyl sites for hydroxylation is 3. The first kappa shape index (κ1) is 20.3. The van der Waals surface area contributed by atoms with Crippen molar-refractivity contribution in [3.63, 3.8) is 0 Å². The molecule has 0 aliphatic carbocycles. The van der Waals surface area contributed by atoms with Crippen molar-refractivity contribution in [3.8, 4) is 11.6 Å². The first-order valence-corrected chi connectivity index (χ1v) is 9.26. The van der Waals surface area contributed by atoms with Crippen LogP contribution < -0.4 is 15.4 Å². The molecule has 0 saturated carbocycles. The van der Waals surface area contributed by atoms with Gasteiger partial charge in [-0.2, -0.15) is 0 Å². The number of pyridine rings is 1. The first-order valence-electron chi connectivity index (χ1n) is 8.35. The van der Waals surface area contributed by atoms with E-state index in [1.165, 1.54) is 0 Å². The van der Waals surface area contributed by atoms with E-state index in [0.717, 1.165) is 17.5 Å². The van der Waals surface area contributed by atoms with E-state index in [-0.39, 0.29) is 17.4 Å². The van der Waals surface area contributed by atoms with Crippen molar-refractivity contribution in [2.75, 3.05) is 17.4 Å². The number of benzene rings is 1. The van der Waals surface area contributed by atoms with E-state index in [4.69, 9.17) is 33.7 Å². The standard InChI is InChI=1S/C19H23Cl2N3O2/c1-5-6-24(10-20)15-9-13(4)23-19(16(15)18(22)25)26-17-11(2)7-14(21)8-12(17)3/h7-9H,5-6,10H2,1-4H3,(H2,22,25). The number of halogens is 2. The van der Waals surface area contributed by atoms with Crippen molar-refractivity contribution in [2.45, 2.75) is 34.1 Å². The van der Waals surface area contributed by atoms with Crippen molar-refractivity contribution in [1.82, 2.24) is 4.98 Å². The second-order valence-electron chi connectivity index (χ2n) is 6.18. The zero-order valence-electron chi connectivity index (χ0n) is 15.4. The molecule has 5 nitrogen and oxygen atoms in total. The summed E-state index contributed by atoms with van der Waals surface area (Å²) in [6, 6.07) is 5.63. The Labute approximate surface area is 164 Å². The number of amides is 1. The van der Waals surface area contributed by atoms with Crippen LogP contribution in [-0.4, -0.2) is 23.4 Å². The predicted molar refractivity (Wildman–Crippen MR) is 107 cm³/mol. The van der Waals surface area contributed by atoms with Gasteiger partial charge < -0.3 is 15.4 Å². The predicted octanol–water partition coefficient (Wildman–Crippen LogP) is 4.96. The molecule has 0 unspecified atom stereocenters. The zero-order chi connectivity index (χ0) is 19.4. The number of hydrogen-bond donors (Lipinski definition) is 1. The monoisotopic (exact) mass is 395 g/mol. The van der Waals surface area contributed by atoms with Crippen LogP contribution in [0.1, 0.15) is 40.5 Å². The molecule has 0 atom stereocenters. The molecule has 1 heterocycles. The van der Waals surface area contributed by atoms with Crippen LogP contribution in [0.5, 0.6) is 11.6 Å². The highest BCUT2D eigenvalue weighted by Gasteiger charge is 2.23. The van der Waals surface area contributed by atoms with Crippen LogP contribution in [0.25, 0.3) is 0 Å². The average molecular weight is 396 g/mol. The van der Waals surface area contributed by atoms with Gasteiger partial charge >= 0.3 is 0 Å². The Morgan fingerprint density at radius 1 is 1.23 bits per heavy atom. The number of primary amides is 1. The molecule has 0 fully saturated rings. The fourth-order valence-electron chi connectivity index (χ4n) is 2.85. The molecule has 140 valence electrons. The molecule has 26 heavy (non-hydrogen) atoms. The maximum absolute atomic E-state index is 12.2. The van der Waals surface area contributed by atoms with Gasteiger partial charge in [0.15, 0.2) is 0 Å². The van der Waals surface area contributed by atoms with Crippen molar-refractivity contribution in [2.24, 2.45) is 5.73 Å². The minimum Gasteiger partial charge on any atom is -0.438 e. The Hall–Kier alpha value is -1.98. The minimum atomic E-state index is -0.613. The number of rotatable bonds is 7. The van der Waals surface area contributed by atoms with Crippen LogP contribution >= 0.6 is 23.2 Å². The van der Waals surface area contributed by atoms with Crippen molar-refractivity contribution in [1.29, 1.82) is 0 Å². The SMILES string of the molecule is CCCN(CCl)c1cc(C)nc(Oc2c(C)cc(Cl)cc2C)c1C(N)=O. The van der Waals surface area contributed by atoms with Gasteiger partial charge in [0.05, 0.1) is 11.7 Å². The third kappa shape index (κ3) is 4.40. The molecule has 0 bridgehead atoms. The highest BCUT2D eigenvalue weighted by molar-refractivity contribution is 6.30. The van der Waals surface area contributed by atoms with Crippen molar-refractivity contribution in [3.05, 3.63) is 45.6 Å². The van der Waals surface area contributed by atoms with Crippen LogP contribution in [0, 0.1) is 20.8 Å². The Balaban J connectivity index is 2.62. The molecule has 1 aromatic heterocycles. The van der Waals surface area contributed by atoms with E-state index >= 15 is 0 Å². The number of carbonyl (C=O) groups is 1. The summed E-state index contributed by atoms with van der Waals surface area (Å²) in [6.45, 7) is 8.33. The number of aromatic nitrogens is 1. The maximum Gasteiger partial charge on any atom is 0.256 e. The molecule has 1 aromatic carbocycles. The van der Waals surface area contributed by atoms with Crippen molar-refractivity contribution < 1.29 is 9.53 Å². The Morgan fingerprint density at radius 2 is 1.85 bits per heavy atom. The third-order valence-electron chi connectivity index (χ3n) is 3.94. The van der Waals surface area contributed by atoms with E-state index in [2.05, 4.69) is 4.98 Å². The van der Waals surface area contributed by atoms with Gasteiger partial charge in [0.1, 0.15) is 11.3 Å². The van der Waals surface area contributed by atoms with E-state index in [9.17, 15) is 4.79 Å². The Bertz CT molecular complexity index is 802. The quantitative estimate of drug-likeness (QED) is 0.530. The van der Waals surface area contributed by atoms with Gasteiger partial charge in [-0.05, 0) is 56.5 Å². The zero-order valence-corrected chi connectivity index (χ0v) is 16.9. The van der Waals surface area contributed by atoms with Crippen LogP contribution in [0.2, 0.25) is 5.02 Å². The van der Waals surface area contributed by atoms with Gasteiger partial charge in [0, 0.05) is 17.3 Å². The number of alkyl halides is 1. The van der Waals surface area contributed by atoms with Crippen LogP contribution in [-0.2, 0) is 0 Å². The summed E-state index contributed by atoms with van der Waals surface area (Å²) in [6.07, 6.45) is 0.873. The van der Waals surface area contributed by atoms with Crippen LogP contribution in [0.15, 0.2) is 18.2 Å². The topological polar surface area (TPSA) is 68.5 Å². The van der Waals surface area contributed by atoms with Gasteiger partial charge in [-0.3, -0.25) is 4.79 Å². The summed E-state index contributed by atoms with van der Waals surface area (Å²) in [5, 5.41) is 0.622. The summed E-state index contributed by atoms with van der Waals surface area (Å²) in [5.74, 6) is 0.166. The molecule has 2 rings (SSSR count). The van der Waals surface area contributed by atoms with E-state index in [1.807, 2.05) is 32.6 Å². The normalized spacial score (nSPS) is 10.7. The van der Waals surface area contributed by atoms with Crippen molar-refractivity contribution >= 4 is 34.8 Å². The molecule has 2 aromatic rings. The fraction of sp³-hybridized carbons (Fsp3) is 0.368. The first-order chi connectivity index (χ1) is 12.3. The second-order valence-corrected chi connectivity index (χ2v) is 6.86. The summed E-state index contributed by atoms with van der Waals surface area (Å²) >= 11 is 12.2. The number of carbonyl (C=O) groups excluding carboxylic acids is 1. The van der Waals surface area contributed by atoms with E-state index < -0.39 is 5.91 Å². The van der Waals surface area contributed by atoms with Gasteiger partial charge in [-0.25, -0.2) is 4.98 Å². The number of nitrogens with zero attached hydrogens (tertiary/aromatic N) is 2. The van der Waals surface area contributed by atoms with E-state index in [1.54, 1.807) is 18.2 Å². The molecule has 0 aliphatic heterocycles. The molecule has 0 saturated heterocycles. The lowest BCUT2D eigenvalue weighted by Crippen LogP contribution is -2.27. The summed E-state index contributed by atoms with van der Waals surface area (Å²) in [4.78, 5) is 18.5. The lowest BCUT2D eigenvalue weighted by molar-refractivity contribution is 0.0998. The molecular weight excluding hydrogens is 373 g/mol. The molecule has 0 spiro atoms. The average Bonchev–Trinajstić information content (AvgIpc) is 2.54. The fourth-order valence-corrected chi connectivity index (χ4v) is 3.43. The van der Waals surface area contributed by atoms with Crippen LogP contribution in [0.3, 0.4) is 0 Å². The van der Waals surface area contributed by atoms with Gasteiger partial charge in [0.2, 0.25) is 5.88 Å². The molecule has 0 aliphatic rings. The minimum absolute atomic E-state index is 0.173. The number of ether oxygens (including phenoxy) is 1. The van der Waals surface area contributed by atoms with E-state index in [0.29, 0.717) is 28.7 Å². The maximum atomic E-state index is 12.2. The van der Waals surface area contributed by atoms with Gasteiger partial charge in [0.25, 0.3) is 5.91 Å². The molecule has 7 heteroatoms. The highest BCUT2D eigenvalue weighted by Crippen LogP contribution is 2.35. The highest BCUT2D eigenvalue weighted by atomic mass is 35.5. The van der Waals surface area contributed by atoms with Gasteiger partial charge in [-0.15, -0.1) is 11.6 Å². The number of nitrogens with two attached hydrogens (primary N) is 1.